The first-order chi connectivity index (χ1) is 9.65. The Bertz CT molecular complexity index is 750. The highest BCUT2D eigenvalue weighted by Gasteiger charge is 2.10. The van der Waals surface area contributed by atoms with Gasteiger partial charge in [-0.1, -0.05) is 34.5 Å². The number of benzene rings is 2. The van der Waals surface area contributed by atoms with Crippen molar-refractivity contribution in [2.45, 2.75) is 0 Å². The fourth-order valence-electron chi connectivity index (χ4n) is 1.89. The minimum atomic E-state index is 0.495. The third-order valence-electron chi connectivity index (χ3n) is 2.90. The molecule has 1 heterocycles. The van der Waals surface area contributed by atoms with Crippen molar-refractivity contribution in [3.63, 3.8) is 0 Å². The molecular weight excluding hydrogens is 295 g/mol. The number of anilines is 1. The molecule has 0 aliphatic carbocycles. The summed E-state index contributed by atoms with van der Waals surface area (Å²) < 4.78 is 1.72. The molecule has 6 heteroatoms. The van der Waals surface area contributed by atoms with Crippen LogP contribution in [0.5, 0.6) is 0 Å². The average molecular weight is 305 g/mol. The zero-order chi connectivity index (χ0) is 14.1. The lowest BCUT2D eigenvalue weighted by Gasteiger charge is -2.07. The van der Waals surface area contributed by atoms with Crippen LogP contribution in [0, 0.1) is 0 Å². The van der Waals surface area contributed by atoms with Crippen molar-refractivity contribution in [1.82, 2.24) is 15.0 Å². The molecular formula is C14H10Cl2N4. The Balaban J connectivity index is 2.10. The number of halogens is 2. The van der Waals surface area contributed by atoms with Crippen LogP contribution in [0.15, 0.2) is 48.7 Å². The number of nitrogen functional groups attached to an aromatic ring is 1. The molecule has 0 saturated heterocycles. The Morgan fingerprint density at radius 3 is 2.40 bits per heavy atom. The Hall–Kier alpha value is -2.04. The summed E-state index contributed by atoms with van der Waals surface area (Å²) in [5.74, 6) is 0. The molecule has 0 aliphatic heterocycles. The van der Waals surface area contributed by atoms with E-state index in [1.807, 2.05) is 30.3 Å². The quantitative estimate of drug-likeness (QED) is 0.732. The maximum atomic E-state index is 6.05. The topological polar surface area (TPSA) is 56.7 Å². The van der Waals surface area contributed by atoms with Gasteiger partial charge < -0.3 is 5.73 Å². The highest BCUT2D eigenvalue weighted by Crippen LogP contribution is 2.29. The molecule has 0 saturated carbocycles. The van der Waals surface area contributed by atoms with Crippen molar-refractivity contribution in [1.29, 1.82) is 0 Å². The van der Waals surface area contributed by atoms with Gasteiger partial charge in [0.05, 0.1) is 27.6 Å². The van der Waals surface area contributed by atoms with Gasteiger partial charge in [-0.2, -0.15) is 0 Å². The zero-order valence-electron chi connectivity index (χ0n) is 10.3. The van der Waals surface area contributed by atoms with Gasteiger partial charge in [0.25, 0.3) is 0 Å². The second-order valence-corrected chi connectivity index (χ2v) is 5.07. The van der Waals surface area contributed by atoms with Gasteiger partial charge in [0.15, 0.2) is 0 Å². The van der Waals surface area contributed by atoms with E-state index in [2.05, 4.69) is 10.3 Å². The summed E-state index contributed by atoms with van der Waals surface area (Å²) >= 11 is 12.0. The van der Waals surface area contributed by atoms with Crippen LogP contribution in [0.2, 0.25) is 10.0 Å². The normalized spacial score (nSPS) is 10.7. The molecule has 20 heavy (non-hydrogen) atoms. The largest absolute Gasteiger partial charge is 0.399 e. The SMILES string of the molecule is Nc1ccc(-n2nncc2-c2ccc(Cl)c(Cl)c2)cc1. The third-order valence-corrected chi connectivity index (χ3v) is 3.64. The molecule has 0 radical (unpaired) electrons. The van der Waals surface area contributed by atoms with Crippen LogP contribution >= 0.6 is 23.2 Å². The van der Waals surface area contributed by atoms with Crippen LogP contribution in [0.3, 0.4) is 0 Å². The van der Waals surface area contributed by atoms with E-state index in [9.17, 15) is 0 Å². The molecule has 0 aliphatic rings. The number of hydrogen-bond donors (Lipinski definition) is 1. The Morgan fingerprint density at radius 1 is 0.950 bits per heavy atom. The van der Waals surface area contributed by atoms with Gasteiger partial charge >= 0.3 is 0 Å². The maximum absolute atomic E-state index is 6.05. The first kappa shape index (κ1) is 13.0. The molecule has 2 aromatic carbocycles. The smallest absolute Gasteiger partial charge is 0.0944 e. The molecule has 1 aromatic heterocycles. The number of rotatable bonds is 2. The van der Waals surface area contributed by atoms with Gasteiger partial charge in [0.1, 0.15) is 0 Å². The van der Waals surface area contributed by atoms with Crippen molar-refractivity contribution >= 4 is 28.9 Å². The van der Waals surface area contributed by atoms with Crippen LogP contribution in [-0.4, -0.2) is 15.0 Å². The van der Waals surface area contributed by atoms with E-state index in [0.29, 0.717) is 15.7 Å². The van der Waals surface area contributed by atoms with E-state index in [0.717, 1.165) is 16.9 Å². The summed E-state index contributed by atoms with van der Waals surface area (Å²) in [5.41, 5.74) is 8.98. The highest BCUT2D eigenvalue weighted by molar-refractivity contribution is 6.42. The average Bonchev–Trinajstić information content (AvgIpc) is 2.92. The van der Waals surface area contributed by atoms with Crippen molar-refractivity contribution < 1.29 is 0 Å². The van der Waals surface area contributed by atoms with Gasteiger partial charge in [0, 0.05) is 11.3 Å². The van der Waals surface area contributed by atoms with Crippen LogP contribution in [0.25, 0.3) is 16.9 Å². The number of hydrogen-bond acceptors (Lipinski definition) is 3. The van der Waals surface area contributed by atoms with E-state index in [1.54, 1.807) is 23.0 Å². The van der Waals surface area contributed by atoms with Crippen LogP contribution in [0.1, 0.15) is 0 Å². The van der Waals surface area contributed by atoms with E-state index < -0.39 is 0 Å². The molecule has 3 rings (SSSR count). The number of nitrogens with two attached hydrogens (primary N) is 1. The lowest BCUT2D eigenvalue weighted by molar-refractivity contribution is 0.808. The van der Waals surface area contributed by atoms with E-state index in [4.69, 9.17) is 28.9 Å². The summed E-state index contributed by atoms with van der Waals surface area (Å²) in [7, 11) is 0. The molecule has 0 spiro atoms. The van der Waals surface area contributed by atoms with Crippen molar-refractivity contribution in [3.05, 3.63) is 58.7 Å². The predicted octanol–water partition coefficient (Wildman–Crippen LogP) is 3.82. The van der Waals surface area contributed by atoms with Gasteiger partial charge in [-0.15, -0.1) is 5.10 Å². The second kappa shape index (κ2) is 5.15. The van der Waals surface area contributed by atoms with Crippen LogP contribution < -0.4 is 5.73 Å². The molecule has 0 bridgehead atoms. The Morgan fingerprint density at radius 2 is 1.70 bits per heavy atom. The molecule has 100 valence electrons. The predicted molar refractivity (Wildman–Crippen MR) is 81.2 cm³/mol. The monoisotopic (exact) mass is 304 g/mol. The first-order valence-corrected chi connectivity index (χ1v) is 6.63. The molecule has 3 aromatic rings. The van der Waals surface area contributed by atoms with Crippen LogP contribution in [0.4, 0.5) is 5.69 Å². The Labute approximate surface area is 125 Å². The first-order valence-electron chi connectivity index (χ1n) is 5.87. The lowest BCUT2D eigenvalue weighted by Crippen LogP contribution is -1.99. The van der Waals surface area contributed by atoms with E-state index in [1.165, 1.54) is 0 Å². The summed E-state index contributed by atoms with van der Waals surface area (Å²) in [6.07, 6.45) is 1.68. The molecule has 0 fully saturated rings. The number of nitrogens with zero attached hydrogens (tertiary/aromatic N) is 3. The standard InChI is InChI=1S/C14H10Cl2N4/c15-12-6-1-9(7-13(12)16)14-8-18-19-20(14)11-4-2-10(17)3-5-11/h1-8H,17H2. The fraction of sp³-hybridized carbons (Fsp3) is 0. The van der Waals surface area contributed by atoms with E-state index in [-0.39, 0.29) is 0 Å². The van der Waals surface area contributed by atoms with Gasteiger partial charge in [-0.3, -0.25) is 0 Å². The highest BCUT2D eigenvalue weighted by atomic mass is 35.5. The summed E-state index contributed by atoms with van der Waals surface area (Å²) in [5, 5.41) is 9.06. The molecule has 0 atom stereocenters. The maximum Gasteiger partial charge on any atom is 0.0944 e. The third kappa shape index (κ3) is 2.35. The molecule has 4 nitrogen and oxygen atoms in total. The van der Waals surface area contributed by atoms with E-state index >= 15 is 0 Å². The van der Waals surface area contributed by atoms with Crippen molar-refractivity contribution in [3.8, 4) is 16.9 Å². The fourth-order valence-corrected chi connectivity index (χ4v) is 2.19. The minimum Gasteiger partial charge on any atom is -0.399 e. The summed E-state index contributed by atoms with van der Waals surface area (Å²) in [6.45, 7) is 0. The molecule has 0 unspecified atom stereocenters. The van der Waals surface area contributed by atoms with Crippen LogP contribution in [-0.2, 0) is 0 Å². The van der Waals surface area contributed by atoms with Gasteiger partial charge in [0.2, 0.25) is 0 Å². The molecule has 0 amide bonds. The summed E-state index contributed by atoms with van der Waals surface area (Å²) in [6, 6.07) is 12.8. The van der Waals surface area contributed by atoms with Crippen molar-refractivity contribution in [2.24, 2.45) is 0 Å². The van der Waals surface area contributed by atoms with Crippen molar-refractivity contribution in [2.75, 3.05) is 5.73 Å². The Kier molecular flexibility index (Phi) is 3.34. The second-order valence-electron chi connectivity index (χ2n) is 4.25. The zero-order valence-corrected chi connectivity index (χ0v) is 11.8. The number of aromatic nitrogens is 3. The molecule has 2 N–H and O–H groups in total. The van der Waals surface area contributed by atoms with Gasteiger partial charge in [-0.05, 0) is 36.4 Å². The lowest BCUT2D eigenvalue weighted by atomic mass is 10.1. The van der Waals surface area contributed by atoms with Gasteiger partial charge in [-0.25, -0.2) is 4.68 Å². The summed E-state index contributed by atoms with van der Waals surface area (Å²) in [4.78, 5) is 0. The minimum absolute atomic E-state index is 0.495.